The smallest absolute Gasteiger partial charge is 0.331 e. The van der Waals surface area contributed by atoms with Gasteiger partial charge in [-0.15, -0.1) is 0 Å². The van der Waals surface area contributed by atoms with E-state index < -0.39 is 0 Å². The van der Waals surface area contributed by atoms with Crippen molar-refractivity contribution in [1.29, 1.82) is 0 Å². The van der Waals surface area contributed by atoms with E-state index >= 15 is 0 Å². The first kappa shape index (κ1) is 23.4. The lowest BCUT2D eigenvalue weighted by atomic mass is 9.82. The molecule has 3 aliphatic rings. The summed E-state index contributed by atoms with van der Waals surface area (Å²) in [6, 6.07) is 15.4. The molecule has 0 radical (unpaired) electrons. The van der Waals surface area contributed by atoms with Gasteiger partial charge in [0.2, 0.25) is 0 Å². The van der Waals surface area contributed by atoms with Crippen molar-refractivity contribution >= 4 is 23.3 Å². The summed E-state index contributed by atoms with van der Waals surface area (Å²) in [5.74, 6) is 0.687. The zero-order chi connectivity index (χ0) is 26.9. The maximum atomic E-state index is 13.4. The number of amides is 3. The number of carbonyl (C=O) groups is 2. The molecule has 2 fully saturated rings. The van der Waals surface area contributed by atoms with E-state index in [0.29, 0.717) is 18.8 Å². The van der Waals surface area contributed by atoms with E-state index in [4.69, 9.17) is 6.57 Å². The van der Waals surface area contributed by atoms with Gasteiger partial charge in [0.05, 0.1) is 18.0 Å². The Labute approximate surface area is 226 Å². The molecule has 4 aromatic rings. The highest BCUT2D eigenvalue weighted by atomic mass is 16.2. The van der Waals surface area contributed by atoms with Gasteiger partial charge >= 0.3 is 6.03 Å². The van der Waals surface area contributed by atoms with Gasteiger partial charge < -0.3 is 9.47 Å². The molecule has 0 spiro atoms. The molecular formula is C30H27N7O2. The van der Waals surface area contributed by atoms with E-state index in [0.717, 1.165) is 52.7 Å². The maximum Gasteiger partial charge on any atom is 0.331 e. The molecule has 2 aromatic heterocycles. The number of aromatic nitrogens is 3. The summed E-state index contributed by atoms with van der Waals surface area (Å²) in [4.78, 5) is 39.6. The lowest BCUT2D eigenvalue weighted by Gasteiger charge is -2.47. The summed E-state index contributed by atoms with van der Waals surface area (Å²) >= 11 is 0. The third-order valence-corrected chi connectivity index (χ3v) is 7.97. The van der Waals surface area contributed by atoms with Crippen LogP contribution < -0.4 is 4.90 Å². The summed E-state index contributed by atoms with van der Waals surface area (Å²) in [5.41, 5.74) is 6.36. The standard InChI is InChI=1S/C30H27N7O2/c1-30(17-33(3)18-30)19-37-27(38)16-36(29(37)39)24-8-9-25-22(12-24)15-34-14-21(20-4-6-23(31-2)7-5-20)13-26(34)28-32-10-11-35(25)28/h4-14H,15-19H2,1,3H3. The largest absolute Gasteiger partial charge is 0.340 e. The molecule has 9 heteroatoms. The molecule has 0 bridgehead atoms. The second-order valence-corrected chi connectivity index (χ2v) is 11.2. The molecule has 3 amide bonds. The molecule has 0 N–H and O–H groups in total. The van der Waals surface area contributed by atoms with Crippen LogP contribution in [0.2, 0.25) is 0 Å². The van der Waals surface area contributed by atoms with Crippen LogP contribution in [0.1, 0.15) is 12.5 Å². The van der Waals surface area contributed by atoms with Gasteiger partial charge in [-0.25, -0.2) is 14.6 Å². The Balaban J connectivity index is 1.22. The molecule has 2 aromatic carbocycles. The molecule has 7 rings (SSSR count). The zero-order valence-corrected chi connectivity index (χ0v) is 21.8. The zero-order valence-electron chi connectivity index (χ0n) is 21.8. The predicted octanol–water partition coefficient (Wildman–Crippen LogP) is 4.64. The number of imide groups is 1. The SMILES string of the molecule is [C-]#[N+]c1ccc(-c2cc3n(c2)Cc2cc(N4CC(=O)N(CC5(C)CN(C)C5)C4=O)ccc2-n2ccnc2-3)cc1. The number of urea groups is 1. The number of anilines is 1. The normalized spacial score (nSPS) is 17.8. The van der Waals surface area contributed by atoms with Crippen molar-refractivity contribution in [3.63, 3.8) is 0 Å². The fraction of sp³-hybridized carbons (Fsp3) is 0.267. The fourth-order valence-electron chi connectivity index (χ4n) is 6.32. The Morgan fingerprint density at radius 1 is 1.03 bits per heavy atom. The van der Waals surface area contributed by atoms with E-state index in [1.807, 2.05) is 55.7 Å². The van der Waals surface area contributed by atoms with Crippen LogP contribution in [0.5, 0.6) is 0 Å². The lowest BCUT2D eigenvalue weighted by Crippen LogP contribution is -2.58. The van der Waals surface area contributed by atoms with E-state index in [1.165, 1.54) is 4.90 Å². The molecule has 39 heavy (non-hydrogen) atoms. The molecule has 0 saturated carbocycles. The number of fused-ring (bicyclic) bond motifs is 5. The number of likely N-dealkylation sites (tertiary alicyclic amines) is 1. The average Bonchev–Trinajstić information content (AvgIpc) is 3.61. The van der Waals surface area contributed by atoms with Gasteiger partial charge in [0.1, 0.15) is 6.54 Å². The monoisotopic (exact) mass is 517 g/mol. The van der Waals surface area contributed by atoms with Crippen molar-refractivity contribution in [1.82, 2.24) is 23.9 Å². The number of imidazole rings is 1. The van der Waals surface area contributed by atoms with Gasteiger partial charge in [0.15, 0.2) is 11.5 Å². The first-order valence-electron chi connectivity index (χ1n) is 13.0. The van der Waals surface area contributed by atoms with E-state index in [9.17, 15) is 9.59 Å². The highest BCUT2D eigenvalue weighted by Gasteiger charge is 2.45. The summed E-state index contributed by atoms with van der Waals surface area (Å²) in [6.07, 6.45) is 5.84. The third kappa shape index (κ3) is 3.75. The summed E-state index contributed by atoms with van der Waals surface area (Å²) in [6.45, 7) is 12.2. The molecular weight excluding hydrogens is 490 g/mol. The Morgan fingerprint density at radius 3 is 2.56 bits per heavy atom. The van der Waals surface area contributed by atoms with Crippen molar-refractivity contribution in [2.75, 3.05) is 38.1 Å². The number of rotatable bonds is 4. The first-order chi connectivity index (χ1) is 18.8. The van der Waals surface area contributed by atoms with E-state index in [2.05, 4.69) is 43.1 Å². The van der Waals surface area contributed by atoms with Gasteiger partial charge in [0, 0.05) is 61.4 Å². The molecule has 3 aliphatic heterocycles. The van der Waals surface area contributed by atoms with Crippen molar-refractivity contribution in [2.45, 2.75) is 13.5 Å². The van der Waals surface area contributed by atoms with Gasteiger partial charge in [-0.05, 0) is 42.4 Å². The van der Waals surface area contributed by atoms with Crippen LogP contribution in [0, 0.1) is 12.0 Å². The van der Waals surface area contributed by atoms with Crippen molar-refractivity contribution < 1.29 is 9.59 Å². The molecule has 0 atom stereocenters. The second-order valence-electron chi connectivity index (χ2n) is 11.2. The van der Waals surface area contributed by atoms with Gasteiger partial charge in [-0.2, -0.15) is 0 Å². The molecule has 9 nitrogen and oxygen atoms in total. The topological polar surface area (TPSA) is 71.0 Å². The third-order valence-electron chi connectivity index (χ3n) is 7.97. The molecule has 194 valence electrons. The quantitative estimate of drug-likeness (QED) is 0.257. The second kappa shape index (κ2) is 8.41. The molecule has 2 saturated heterocycles. The van der Waals surface area contributed by atoms with Crippen LogP contribution in [0.4, 0.5) is 16.2 Å². The number of benzene rings is 2. The molecule has 0 aliphatic carbocycles. The molecule has 0 unspecified atom stereocenters. The van der Waals surface area contributed by atoms with Crippen LogP contribution in [0.25, 0.3) is 33.2 Å². The summed E-state index contributed by atoms with van der Waals surface area (Å²) in [5, 5.41) is 0. The Bertz CT molecular complexity index is 1680. The van der Waals surface area contributed by atoms with Crippen LogP contribution in [0.15, 0.2) is 67.1 Å². The maximum absolute atomic E-state index is 13.4. The van der Waals surface area contributed by atoms with Crippen molar-refractivity contribution in [2.24, 2.45) is 5.41 Å². The minimum atomic E-state index is -0.250. The van der Waals surface area contributed by atoms with Crippen LogP contribution >= 0.6 is 0 Å². The van der Waals surface area contributed by atoms with Crippen LogP contribution in [0.3, 0.4) is 0 Å². The number of carbonyl (C=O) groups excluding carboxylic acids is 2. The van der Waals surface area contributed by atoms with E-state index in [1.54, 1.807) is 11.1 Å². The van der Waals surface area contributed by atoms with Gasteiger partial charge in [-0.1, -0.05) is 31.2 Å². The van der Waals surface area contributed by atoms with E-state index in [-0.39, 0.29) is 23.9 Å². The number of hydrogen-bond acceptors (Lipinski definition) is 4. The predicted molar refractivity (Wildman–Crippen MR) is 148 cm³/mol. The minimum Gasteiger partial charge on any atom is -0.340 e. The summed E-state index contributed by atoms with van der Waals surface area (Å²) in [7, 11) is 2.05. The van der Waals surface area contributed by atoms with Crippen molar-refractivity contribution in [3.8, 4) is 28.3 Å². The number of nitrogens with zero attached hydrogens (tertiary/aromatic N) is 7. The summed E-state index contributed by atoms with van der Waals surface area (Å²) < 4.78 is 4.24. The first-order valence-corrected chi connectivity index (χ1v) is 13.0. The Hall–Kier alpha value is -4.68. The molecule has 5 heterocycles. The van der Waals surface area contributed by atoms with Gasteiger partial charge in [0.25, 0.3) is 5.91 Å². The van der Waals surface area contributed by atoms with Gasteiger partial charge in [-0.3, -0.25) is 19.2 Å². The Morgan fingerprint density at radius 2 is 1.82 bits per heavy atom. The van der Waals surface area contributed by atoms with Crippen LogP contribution in [-0.2, 0) is 11.3 Å². The minimum absolute atomic E-state index is 0.0549. The lowest BCUT2D eigenvalue weighted by molar-refractivity contribution is -0.127. The highest BCUT2D eigenvalue weighted by molar-refractivity contribution is 6.12. The van der Waals surface area contributed by atoms with Crippen molar-refractivity contribution in [3.05, 3.63) is 84.1 Å². The van der Waals surface area contributed by atoms with Crippen LogP contribution in [-0.4, -0.2) is 69.1 Å². The Kier molecular flexibility index (Phi) is 5.06. The average molecular weight is 518 g/mol. The fourth-order valence-corrected chi connectivity index (χ4v) is 6.32. The number of hydrogen-bond donors (Lipinski definition) is 0. The highest BCUT2D eigenvalue weighted by Crippen LogP contribution is 2.37.